The van der Waals surface area contributed by atoms with Crippen LogP contribution in [0.25, 0.3) is 0 Å². The molecule has 3 amide bonds. The largest absolute Gasteiger partial charge is 0.410 e. The highest BCUT2D eigenvalue weighted by Crippen LogP contribution is 2.29. The van der Waals surface area contributed by atoms with Crippen LogP contribution in [-0.2, 0) is 39.9 Å². The maximum atomic E-state index is 13.1. The third kappa shape index (κ3) is 7.37. The van der Waals surface area contributed by atoms with Crippen LogP contribution in [0.4, 0.5) is 0 Å². The summed E-state index contributed by atoms with van der Waals surface area (Å²) < 4.78 is 10.4. The van der Waals surface area contributed by atoms with E-state index in [1.807, 2.05) is 31.2 Å². The first-order chi connectivity index (χ1) is 17.4. The van der Waals surface area contributed by atoms with Crippen LogP contribution in [0.5, 0.6) is 0 Å². The van der Waals surface area contributed by atoms with Gasteiger partial charge in [0.25, 0.3) is 0 Å². The van der Waals surface area contributed by atoms with Crippen molar-refractivity contribution in [2.75, 3.05) is 27.4 Å². The summed E-state index contributed by atoms with van der Waals surface area (Å²) in [6.07, 6.45) is 1.92. The molecule has 0 aliphatic carbocycles. The van der Waals surface area contributed by atoms with Crippen molar-refractivity contribution in [1.82, 2.24) is 21.0 Å². The lowest BCUT2D eigenvalue weighted by atomic mass is 9.94. The first-order valence-corrected chi connectivity index (χ1v) is 12.2. The molecule has 0 spiro atoms. The quantitative estimate of drug-likeness (QED) is 0.334. The molecule has 2 aliphatic heterocycles. The Kier molecular flexibility index (Phi) is 9.06. The Balaban J connectivity index is 1.63. The van der Waals surface area contributed by atoms with Crippen LogP contribution in [-0.4, -0.2) is 85.7 Å². The number of methoxy groups -OCH3 is 1. The van der Waals surface area contributed by atoms with E-state index in [1.54, 1.807) is 27.0 Å². The van der Waals surface area contributed by atoms with E-state index in [1.165, 1.54) is 19.1 Å². The fourth-order valence-electron chi connectivity index (χ4n) is 3.95. The standard InChI is InChI=1S/C26H36N4O7/c1-15-7-9-18(10-8-15)12-19(22(31)26(4)14-36-26)28-23(32)17(3)27-24(33)20(13-35-6)29-25(34)21-11-16(2)37-30(21)5/h7-11,17,19-21H,12-14H2,1-6H3,(H,27,33)(H,28,32)(H,29,34)/t17-,19?,20?,21?,26+/m0/s1. The zero-order valence-electron chi connectivity index (χ0n) is 22.1. The number of aryl methyl sites for hydroxylation is 1. The first kappa shape index (κ1) is 28.3. The second-order valence-electron chi connectivity index (χ2n) is 9.74. The van der Waals surface area contributed by atoms with Crippen LogP contribution in [0, 0.1) is 6.92 Å². The summed E-state index contributed by atoms with van der Waals surface area (Å²) in [6.45, 7) is 7.08. The number of nitrogens with one attached hydrogen (secondary N) is 3. The lowest BCUT2D eigenvalue weighted by molar-refractivity contribution is -0.143. The molecule has 0 radical (unpaired) electrons. The van der Waals surface area contributed by atoms with Crippen molar-refractivity contribution < 1.29 is 33.5 Å². The fraction of sp³-hybridized carbons (Fsp3) is 0.538. The van der Waals surface area contributed by atoms with E-state index < -0.39 is 47.5 Å². The van der Waals surface area contributed by atoms with Gasteiger partial charge in [0, 0.05) is 14.2 Å². The molecule has 11 heteroatoms. The van der Waals surface area contributed by atoms with Crippen molar-refractivity contribution in [1.29, 1.82) is 0 Å². The highest BCUT2D eigenvalue weighted by atomic mass is 16.7. The van der Waals surface area contributed by atoms with E-state index in [0.29, 0.717) is 12.4 Å². The smallest absolute Gasteiger partial charge is 0.245 e. The average molecular weight is 517 g/mol. The van der Waals surface area contributed by atoms with Gasteiger partial charge in [0.1, 0.15) is 29.5 Å². The second kappa shape index (κ2) is 11.8. The Bertz CT molecular complexity index is 1050. The van der Waals surface area contributed by atoms with Gasteiger partial charge in [-0.25, -0.2) is 0 Å². The van der Waals surface area contributed by atoms with Gasteiger partial charge in [-0.1, -0.05) is 29.8 Å². The maximum Gasteiger partial charge on any atom is 0.245 e. The lowest BCUT2D eigenvalue weighted by Crippen LogP contribution is -2.58. The number of Topliss-reactive ketones (excluding diaryl/α,β-unsaturated/α-hetero) is 1. The van der Waals surface area contributed by atoms with Gasteiger partial charge >= 0.3 is 0 Å². The summed E-state index contributed by atoms with van der Waals surface area (Å²) in [4.78, 5) is 57.0. The summed E-state index contributed by atoms with van der Waals surface area (Å²) in [5.74, 6) is -1.24. The zero-order chi connectivity index (χ0) is 27.3. The molecule has 3 N–H and O–H groups in total. The van der Waals surface area contributed by atoms with Gasteiger partial charge in [-0.3, -0.25) is 19.2 Å². The number of nitrogens with zero attached hydrogens (tertiary/aromatic N) is 1. The Hall–Kier alpha value is -3.28. The topological polar surface area (TPSA) is 139 Å². The number of carbonyl (C=O) groups is 4. The molecule has 0 saturated carbocycles. The molecule has 5 atom stereocenters. The molecule has 2 heterocycles. The monoisotopic (exact) mass is 516 g/mol. The van der Waals surface area contributed by atoms with Crippen molar-refractivity contribution in [2.24, 2.45) is 0 Å². The molecule has 37 heavy (non-hydrogen) atoms. The molecule has 1 fully saturated rings. The van der Waals surface area contributed by atoms with E-state index in [-0.39, 0.29) is 18.8 Å². The molecule has 3 rings (SSSR count). The predicted octanol–water partition coefficient (Wildman–Crippen LogP) is 0.166. The van der Waals surface area contributed by atoms with Crippen LogP contribution in [0.3, 0.4) is 0 Å². The lowest BCUT2D eigenvalue weighted by Gasteiger charge is -2.25. The summed E-state index contributed by atoms with van der Waals surface area (Å²) >= 11 is 0. The van der Waals surface area contributed by atoms with Gasteiger partial charge in [0.05, 0.1) is 19.3 Å². The van der Waals surface area contributed by atoms with Gasteiger partial charge in [0.15, 0.2) is 5.78 Å². The molecule has 1 saturated heterocycles. The van der Waals surface area contributed by atoms with E-state index in [4.69, 9.17) is 14.3 Å². The Labute approximate surface area is 216 Å². The first-order valence-electron chi connectivity index (χ1n) is 12.2. The van der Waals surface area contributed by atoms with Gasteiger partial charge in [-0.15, -0.1) is 5.06 Å². The summed E-state index contributed by atoms with van der Waals surface area (Å²) in [5, 5.41) is 9.38. The number of rotatable bonds is 12. The Morgan fingerprint density at radius 3 is 2.27 bits per heavy atom. The molecule has 11 nitrogen and oxygen atoms in total. The minimum atomic E-state index is -1.04. The molecule has 0 aromatic heterocycles. The zero-order valence-corrected chi connectivity index (χ0v) is 22.1. The van der Waals surface area contributed by atoms with Crippen LogP contribution < -0.4 is 16.0 Å². The highest BCUT2D eigenvalue weighted by molar-refractivity contribution is 5.98. The van der Waals surface area contributed by atoms with Crippen LogP contribution in [0.2, 0.25) is 0 Å². The van der Waals surface area contributed by atoms with Crippen LogP contribution in [0.1, 0.15) is 31.9 Å². The number of allylic oxidation sites excluding steroid dienone is 1. The summed E-state index contributed by atoms with van der Waals surface area (Å²) in [5.41, 5.74) is 1.05. The fourth-order valence-corrected chi connectivity index (χ4v) is 3.95. The predicted molar refractivity (Wildman–Crippen MR) is 134 cm³/mol. The van der Waals surface area contributed by atoms with Crippen molar-refractivity contribution in [3.63, 3.8) is 0 Å². The maximum absolute atomic E-state index is 13.1. The number of hydroxylamine groups is 2. The van der Waals surface area contributed by atoms with Crippen molar-refractivity contribution in [3.8, 4) is 0 Å². The molecular weight excluding hydrogens is 480 g/mol. The van der Waals surface area contributed by atoms with Gasteiger partial charge in [-0.2, -0.15) is 0 Å². The molecular formula is C26H36N4O7. The third-order valence-electron chi connectivity index (χ3n) is 6.35. The minimum absolute atomic E-state index is 0.101. The van der Waals surface area contributed by atoms with E-state index in [2.05, 4.69) is 16.0 Å². The van der Waals surface area contributed by atoms with E-state index in [0.717, 1.165) is 11.1 Å². The van der Waals surface area contributed by atoms with Crippen molar-refractivity contribution in [2.45, 2.75) is 63.9 Å². The number of carbonyl (C=O) groups excluding carboxylic acids is 4. The summed E-state index contributed by atoms with van der Waals surface area (Å²) in [6, 6.07) is 4.14. The van der Waals surface area contributed by atoms with Gasteiger partial charge in [0.2, 0.25) is 17.7 Å². The molecule has 2 aliphatic rings. The number of amides is 3. The number of hydrogen-bond donors (Lipinski definition) is 3. The number of likely N-dealkylation sites (N-methyl/N-ethyl adjacent to an activating group) is 1. The number of hydrogen-bond acceptors (Lipinski definition) is 8. The molecule has 3 unspecified atom stereocenters. The normalized spacial score (nSPS) is 23.2. The van der Waals surface area contributed by atoms with Gasteiger partial charge < -0.3 is 30.3 Å². The summed E-state index contributed by atoms with van der Waals surface area (Å²) in [7, 11) is 3.01. The van der Waals surface area contributed by atoms with E-state index in [9.17, 15) is 19.2 Å². The van der Waals surface area contributed by atoms with Crippen molar-refractivity contribution >= 4 is 23.5 Å². The molecule has 0 bridgehead atoms. The van der Waals surface area contributed by atoms with E-state index >= 15 is 0 Å². The second-order valence-corrected chi connectivity index (χ2v) is 9.74. The average Bonchev–Trinajstić information content (AvgIpc) is 3.51. The SMILES string of the molecule is COCC(NC(=O)C1C=C(C)ON1C)C(=O)N[C@@H](C)C(=O)NC(Cc1ccc(C)cc1)C(=O)[C@@]1(C)CO1. The third-order valence-corrected chi connectivity index (χ3v) is 6.35. The number of epoxide rings is 1. The highest BCUT2D eigenvalue weighted by Gasteiger charge is 2.50. The van der Waals surface area contributed by atoms with Gasteiger partial charge in [-0.05, 0) is 45.8 Å². The number of ketones is 1. The molecule has 1 aromatic carbocycles. The Morgan fingerprint density at radius 2 is 1.73 bits per heavy atom. The van der Waals surface area contributed by atoms with Crippen LogP contribution in [0.15, 0.2) is 36.1 Å². The number of ether oxygens (including phenoxy) is 2. The Morgan fingerprint density at radius 1 is 1.08 bits per heavy atom. The van der Waals surface area contributed by atoms with Crippen LogP contribution >= 0.6 is 0 Å². The van der Waals surface area contributed by atoms with Crippen molar-refractivity contribution in [3.05, 3.63) is 47.2 Å². The molecule has 202 valence electrons. The minimum Gasteiger partial charge on any atom is -0.410 e. The number of benzene rings is 1. The molecule has 1 aromatic rings.